The van der Waals surface area contributed by atoms with Crippen molar-refractivity contribution in [3.8, 4) is 0 Å². The second-order valence-corrected chi connectivity index (χ2v) is 3.45. The van der Waals surface area contributed by atoms with Crippen LogP contribution in [0.4, 0.5) is 0 Å². The van der Waals surface area contributed by atoms with Crippen LogP contribution in [0.3, 0.4) is 0 Å². The molecule has 1 radical (unpaired) electrons. The first-order valence-corrected chi connectivity index (χ1v) is 4.72. The summed E-state index contributed by atoms with van der Waals surface area (Å²) in [4.78, 5) is 2.56. The van der Waals surface area contributed by atoms with Gasteiger partial charge in [0.1, 0.15) is 7.28 Å². The van der Waals surface area contributed by atoms with Crippen molar-refractivity contribution < 1.29 is 0 Å². The van der Waals surface area contributed by atoms with Crippen molar-refractivity contribution in [1.29, 1.82) is 0 Å². The summed E-state index contributed by atoms with van der Waals surface area (Å²) < 4.78 is 0. The Hall–Kier alpha value is -0.395. The summed E-state index contributed by atoms with van der Waals surface area (Å²) in [6, 6.07) is 0. The van der Waals surface area contributed by atoms with E-state index in [1.165, 1.54) is 45.0 Å². The maximum absolute atomic E-state index is 2.56. The predicted molar refractivity (Wildman–Crippen MR) is 48.9 cm³/mol. The zero-order valence-electron chi connectivity index (χ0n) is 7.05. The molecule has 0 aromatic rings. The molecule has 0 N–H and O–H groups in total. The molecule has 1 saturated heterocycles. The summed E-state index contributed by atoms with van der Waals surface area (Å²) in [6.45, 7) is 2.62. The van der Waals surface area contributed by atoms with E-state index in [0.29, 0.717) is 0 Å². The minimum atomic E-state index is 1.20. The molecule has 2 heteroatoms. The number of nitrogens with zero attached hydrogens (tertiary/aromatic N) is 1. The monoisotopic (exact) mass is 148 g/mol. The molecule has 0 spiro atoms. The van der Waals surface area contributed by atoms with Crippen molar-refractivity contribution in [3.63, 3.8) is 0 Å². The second-order valence-electron chi connectivity index (χ2n) is 3.45. The van der Waals surface area contributed by atoms with Crippen LogP contribution in [0, 0.1) is 0 Å². The Bertz CT molecular complexity index is 159. The van der Waals surface area contributed by atoms with Gasteiger partial charge in [0.2, 0.25) is 0 Å². The summed E-state index contributed by atoms with van der Waals surface area (Å²) >= 11 is 0. The van der Waals surface area contributed by atoms with Crippen LogP contribution in [0.25, 0.3) is 0 Å². The van der Waals surface area contributed by atoms with E-state index >= 15 is 0 Å². The van der Waals surface area contributed by atoms with E-state index in [9.17, 15) is 0 Å². The summed E-state index contributed by atoms with van der Waals surface area (Å²) in [5.41, 5.74) is 1.62. The Labute approximate surface area is 69.7 Å². The van der Waals surface area contributed by atoms with Crippen LogP contribution in [0.15, 0.2) is 11.8 Å². The summed E-state index contributed by atoms with van der Waals surface area (Å²) in [5.74, 6) is 0. The Morgan fingerprint density at radius 1 is 1.27 bits per heavy atom. The third-order valence-corrected chi connectivity index (χ3v) is 2.64. The maximum Gasteiger partial charge on any atom is 0.115 e. The Kier molecular flexibility index (Phi) is 2.20. The molecular formula is C9H15BN. The highest BCUT2D eigenvalue weighted by molar-refractivity contribution is 6.36. The topological polar surface area (TPSA) is 3.24 Å². The molecular weight excluding hydrogens is 133 g/mol. The molecule has 2 heterocycles. The highest BCUT2D eigenvalue weighted by atomic mass is 15.1. The van der Waals surface area contributed by atoms with Crippen molar-refractivity contribution in [2.45, 2.75) is 31.9 Å². The summed E-state index contributed by atoms with van der Waals surface area (Å²) in [6.07, 6.45) is 8.99. The number of hydrogen-bond acceptors (Lipinski definition) is 1. The SMILES string of the molecule is [B]1CC=C(N2CCCC2)CC1. The quantitative estimate of drug-likeness (QED) is 0.513. The number of rotatable bonds is 1. The fourth-order valence-corrected chi connectivity index (χ4v) is 1.98. The molecule has 11 heavy (non-hydrogen) atoms. The molecule has 0 aromatic heterocycles. The lowest BCUT2D eigenvalue weighted by Gasteiger charge is -2.23. The standard InChI is InChI=1S/C9H15BN/c1-2-8-11(7-1)9-3-5-10-6-4-9/h3H,1-2,4-8H2. The number of hydrogen-bond donors (Lipinski definition) is 0. The molecule has 0 aromatic carbocycles. The van der Waals surface area contributed by atoms with Gasteiger partial charge in [-0.05, 0) is 19.3 Å². The van der Waals surface area contributed by atoms with Crippen LogP contribution >= 0.6 is 0 Å². The smallest absolute Gasteiger partial charge is 0.115 e. The number of allylic oxidation sites excluding steroid dienone is 2. The Morgan fingerprint density at radius 2 is 2.09 bits per heavy atom. The maximum atomic E-state index is 2.56. The van der Waals surface area contributed by atoms with Crippen molar-refractivity contribution >= 4 is 7.28 Å². The molecule has 2 rings (SSSR count). The van der Waals surface area contributed by atoms with Crippen LogP contribution in [0.1, 0.15) is 19.3 Å². The van der Waals surface area contributed by atoms with E-state index in [1.807, 2.05) is 0 Å². The van der Waals surface area contributed by atoms with Gasteiger partial charge in [-0.1, -0.05) is 18.7 Å². The van der Waals surface area contributed by atoms with Gasteiger partial charge >= 0.3 is 0 Å². The predicted octanol–water partition coefficient (Wildman–Crippen LogP) is 1.91. The summed E-state index contributed by atoms with van der Waals surface area (Å²) in [5, 5.41) is 0. The van der Waals surface area contributed by atoms with Crippen LogP contribution in [-0.4, -0.2) is 25.3 Å². The molecule has 2 aliphatic heterocycles. The van der Waals surface area contributed by atoms with Gasteiger partial charge in [0, 0.05) is 18.8 Å². The van der Waals surface area contributed by atoms with Crippen molar-refractivity contribution in [3.05, 3.63) is 11.8 Å². The van der Waals surface area contributed by atoms with Gasteiger partial charge in [-0.15, -0.1) is 0 Å². The van der Waals surface area contributed by atoms with Gasteiger partial charge in [0.05, 0.1) is 0 Å². The Morgan fingerprint density at radius 3 is 2.73 bits per heavy atom. The number of likely N-dealkylation sites (tertiary alicyclic amines) is 1. The molecule has 0 saturated carbocycles. The van der Waals surface area contributed by atoms with Crippen LogP contribution in [0.5, 0.6) is 0 Å². The molecule has 0 aliphatic carbocycles. The van der Waals surface area contributed by atoms with Gasteiger partial charge in [-0.3, -0.25) is 0 Å². The first kappa shape index (κ1) is 7.26. The highest BCUT2D eigenvalue weighted by Crippen LogP contribution is 2.22. The van der Waals surface area contributed by atoms with Crippen molar-refractivity contribution in [2.75, 3.05) is 13.1 Å². The molecule has 1 nitrogen and oxygen atoms in total. The fraction of sp³-hybridized carbons (Fsp3) is 0.778. The first-order chi connectivity index (χ1) is 5.47. The fourth-order valence-electron chi connectivity index (χ4n) is 1.98. The molecule has 2 aliphatic rings. The lowest BCUT2D eigenvalue weighted by atomic mass is 9.66. The van der Waals surface area contributed by atoms with E-state index in [-0.39, 0.29) is 0 Å². The van der Waals surface area contributed by atoms with E-state index in [0.717, 1.165) is 0 Å². The average Bonchev–Trinajstić information content (AvgIpc) is 2.58. The van der Waals surface area contributed by atoms with Gasteiger partial charge in [-0.2, -0.15) is 0 Å². The summed E-state index contributed by atoms with van der Waals surface area (Å²) in [7, 11) is 2.37. The van der Waals surface area contributed by atoms with Crippen LogP contribution in [-0.2, 0) is 0 Å². The van der Waals surface area contributed by atoms with E-state index in [2.05, 4.69) is 18.3 Å². The Balaban J connectivity index is 1.96. The molecule has 0 unspecified atom stereocenters. The third-order valence-electron chi connectivity index (χ3n) is 2.64. The zero-order valence-corrected chi connectivity index (χ0v) is 7.05. The van der Waals surface area contributed by atoms with Gasteiger partial charge in [0.25, 0.3) is 0 Å². The lowest BCUT2D eigenvalue weighted by Crippen LogP contribution is -2.20. The molecule has 0 amide bonds. The van der Waals surface area contributed by atoms with Gasteiger partial charge in [0.15, 0.2) is 0 Å². The molecule has 0 atom stereocenters. The largest absolute Gasteiger partial charge is 0.375 e. The minimum absolute atomic E-state index is 1.20. The first-order valence-electron chi connectivity index (χ1n) is 4.72. The molecule has 0 bridgehead atoms. The normalized spacial score (nSPS) is 24.7. The van der Waals surface area contributed by atoms with Gasteiger partial charge < -0.3 is 4.90 Å². The zero-order chi connectivity index (χ0) is 7.52. The average molecular weight is 148 g/mol. The minimum Gasteiger partial charge on any atom is -0.375 e. The van der Waals surface area contributed by atoms with Crippen LogP contribution in [0.2, 0.25) is 12.6 Å². The lowest BCUT2D eigenvalue weighted by molar-refractivity contribution is 0.411. The van der Waals surface area contributed by atoms with Crippen molar-refractivity contribution in [1.82, 2.24) is 4.90 Å². The molecule has 1 fully saturated rings. The third kappa shape index (κ3) is 1.60. The van der Waals surface area contributed by atoms with Crippen LogP contribution < -0.4 is 0 Å². The van der Waals surface area contributed by atoms with E-state index in [1.54, 1.807) is 5.70 Å². The van der Waals surface area contributed by atoms with E-state index < -0.39 is 0 Å². The second kappa shape index (κ2) is 3.33. The van der Waals surface area contributed by atoms with Crippen molar-refractivity contribution in [2.24, 2.45) is 0 Å². The molecule has 59 valence electrons. The van der Waals surface area contributed by atoms with E-state index in [4.69, 9.17) is 0 Å². The highest BCUT2D eigenvalue weighted by Gasteiger charge is 2.15. The van der Waals surface area contributed by atoms with Gasteiger partial charge in [-0.25, -0.2) is 0 Å².